The summed E-state index contributed by atoms with van der Waals surface area (Å²) in [5.74, 6) is 0.378. The fourth-order valence-electron chi connectivity index (χ4n) is 3.26. The molecule has 148 valence electrons. The van der Waals surface area contributed by atoms with Crippen LogP contribution in [0.4, 0.5) is 0 Å². The van der Waals surface area contributed by atoms with E-state index >= 15 is 0 Å². The molecule has 1 saturated carbocycles. The van der Waals surface area contributed by atoms with Crippen LogP contribution in [0.1, 0.15) is 29.6 Å². The zero-order valence-corrected chi connectivity index (χ0v) is 16.8. The Labute approximate surface area is 176 Å². The average molecular weight is 415 g/mol. The van der Waals surface area contributed by atoms with Gasteiger partial charge in [0.1, 0.15) is 17.0 Å². The van der Waals surface area contributed by atoms with E-state index in [1.165, 1.54) is 5.56 Å². The highest BCUT2D eigenvalue weighted by molar-refractivity contribution is 7.18. The maximum absolute atomic E-state index is 12.1. The van der Waals surface area contributed by atoms with Crippen molar-refractivity contribution in [3.63, 3.8) is 0 Å². The van der Waals surface area contributed by atoms with Crippen molar-refractivity contribution in [2.24, 2.45) is 0 Å². The van der Waals surface area contributed by atoms with Gasteiger partial charge in [-0.2, -0.15) is 5.26 Å². The molecule has 2 aromatic heterocycles. The standard InChI is InChI=1S/C22H17N5O2S/c23-13-22(8-9-22)25-18(28)11-19-26-27-20(29-19)12-21-24-16-7-6-15(10-17(16)30-21)14-4-2-1-3-5-14/h1-7,10H,8-9,11-12H2,(H,25,28). The summed E-state index contributed by atoms with van der Waals surface area (Å²) in [4.78, 5) is 16.7. The number of thiazole rings is 1. The number of amides is 1. The lowest BCUT2D eigenvalue weighted by Crippen LogP contribution is -2.36. The highest BCUT2D eigenvalue weighted by Crippen LogP contribution is 2.34. The molecule has 0 radical (unpaired) electrons. The molecular weight excluding hydrogens is 398 g/mol. The van der Waals surface area contributed by atoms with Gasteiger partial charge in [-0.15, -0.1) is 21.5 Å². The number of hydrogen-bond donors (Lipinski definition) is 1. The van der Waals surface area contributed by atoms with Gasteiger partial charge < -0.3 is 9.73 Å². The van der Waals surface area contributed by atoms with E-state index in [9.17, 15) is 4.79 Å². The average Bonchev–Trinajstić information content (AvgIpc) is 3.20. The lowest BCUT2D eigenvalue weighted by atomic mass is 10.1. The molecule has 7 nitrogen and oxygen atoms in total. The Morgan fingerprint density at radius 2 is 1.93 bits per heavy atom. The molecule has 0 aliphatic heterocycles. The molecule has 2 heterocycles. The van der Waals surface area contributed by atoms with Gasteiger partial charge >= 0.3 is 0 Å². The van der Waals surface area contributed by atoms with Crippen molar-refractivity contribution in [2.75, 3.05) is 0 Å². The summed E-state index contributed by atoms with van der Waals surface area (Å²) in [5, 5.41) is 20.6. The Bertz CT molecular complexity index is 1270. The van der Waals surface area contributed by atoms with Crippen molar-refractivity contribution in [3.05, 3.63) is 65.3 Å². The van der Waals surface area contributed by atoms with Crippen LogP contribution in [-0.2, 0) is 17.6 Å². The number of benzene rings is 2. The van der Waals surface area contributed by atoms with Crippen molar-refractivity contribution in [3.8, 4) is 17.2 Å². The third-order valence-electron chi connectivity index (χ3n) is 5.01. The summed E-state index contributed by atoms with van der Waals surface area (Å²) < 4.78 is 6.71. The largest absolute Gasteiger partial charge is 0.424 e. The van der Waals surface area contributed by atoms with Gasteiger partial charge in [-0.05, 0) is 36.1 Å². The lowest BCUT2D eigenvalue weighted by molar-refractivity contribution is -0.121. The normalized spacial score (nSPS) is 14.4. The van der Waals surface area contributed by atoms with Crippen LogP contribution in [0.5, 0.6) is 0 Å². The summed E-state index contributed by atoms with van der Waals surface area (Å²) >= 11 is 1.59. The SMILES string of the molecule is N#CC1(NC(=O)Cc2nnc(Cc3nc4ccc(-c5ccccc5)cc4s3)o2)CC1. The van der Waals surface area contributed by atoms with Gasteiger partial charge in [0, 0.05) is 0 Å². The van der Waals surface area contributed by atoms with E-state index < -0.39 is 5.54 Å². The van der Waals surface area contributed by atoms with Crippen molar-refractivity contribution in [1.82, 2.24) is 20.5 Å². The first-order valence-corrected chi connectivity index (χ1v) is 10.4. The first-order chi connectivity index (χ1) is 14.6. The number of carbonyl (C=O) groups is 1. The molecule has 1 N–H and O–H groups in total. The number of fused-ring (bicyclic) bond motifs is 1. The Morgan fingerprint density at radius 3 is 2.70 bits per heavy atom. The Kier molecular flexibility index (Phi) is 4.52. The van der Waals surface area contributed by atoms with Crippen LogP contribution >= 0.6 is 11.3 Å². The van der Waals surface area contributed by atoms with Gasteiger partial charge in [0.15, 0.2) is 0 Å². The van der Waals surface area contributed by atoms with Crippen LogP contribution in [0, 0.1) is 11.3 Å². The topological polar surface area (TPSA) is 105 Å². The van der Waals surface area contributed by atoms with E-state index in [2.05, 4.69) is 50.8 Å². The molecule has 1 fully saturated rings. The van der Waals surface area contributed by atoms with Crippen molar-refractivity contribution >= 4 is 27.5 Å². The van der Waals surface area contributed by atoms with Crippen LogP contribution in [0.25, 0.3) is 21.3 Å². The Morgan fingerprint density at radius 1 is 1.13 bits per heavy atom. The van der Waals surface area contributed by atoms with Gasteiger partial charge in [0.2, 0.25) is 17.7 Å². The van der Waals surface area contributed by atoms with Crippen LogP contribution in [-0.4, -0.2) is 26.6 Å². The van der Waals surface area contributed by atoms with Crippen LogP contribution in [0.3, 0.4) is 0 Å². The molecular formula is C22H17N5O2S. The number of hydrogen-bond acceptors (Lipinski definition) is 7. The van der Waals surface area contributed by atoms with Crippen molar-refractivity contribution in [1.29, 1.82) is 5.26 Å². The summed E-state index contributed by atoms with van der Waals surface area (Å²) in [6.07, 6.45) is 1.76. The van der Waals surface area contributed by atoms with E-state index in [0.29, 0.717) is 25.2 Å². The quantitative estimate of drug-likeness (QED) is 0.515. The van der Waals surface area contributed by atoms with E-state index in [4.69, 9.17) is 9.68 Å². The Hall–Kier alpha value is -3.57. The summed E-state index contributed by atoms with van der Waals surface area (Å²) in [7, 11) is 0. The zero-order chi connectivity index (χ0) is 20.6. The minimum atomic E-state index is -0.695. The second kappa shape index (κ2) is 7.35. The van der Waals surface area contributed by atoms with Gasteiger partial charge in [-0.3, -0.25) is 4.79 Å². The first-order valence-electron chi connectivity index (χ1n) is 9.61. The maximum atomic E-state index is 12.1. The summed E-state index contributed by atoms with van der Waals surface area (Å²) in [5.41, 5.74) is 2.55. The van der Waals surface area contributed by atoms with E-state index in [1.807, 2.05) is 24.3 Å². The number of nitriles is 1. The maximum Gasteiger partial charge on any atom is 0.230 e. The minimum absolute atomic E-state index is 0.0310. The third kappa shape index (κ3) is 3.80. The smallest absolute Gasteiger partial charge is 0.230 e. The number of carbonyl (C=O) groups excluding carboxylic acids is 1. The molecule has 0 spiro atoms. The van der Waals surface area contributed by atoms with Crippen LogP contribution < -0.4 is 5.32 Å². The molecule has 1 amide bonds. The molecule has 30 heavy (non-hydrogen) atoms. The number of rotatable bonds is 6. The van der Waals surface area contributed by atoms with Gasteiger partial charge in [0.25, 0.3) is 0 Å². The lowest BCUT2D eigenvalue weighted by Gasteiger charge is -2.06. The van der Waals surface area contributed by atoms with Gasteiger partial charge in [-0.25, -0.2) is 4.98 Å². The van der Waals surface area contributed by atoms with Gasteiger partial charge in [-0.1, -0.05) is 36.4 Å². The molecule has 0 atom stereocenters. The predicted molar refractivity (Wildman–Crippen MR) is 112 cm³/mol. The van der Waals surface area contributed by atoms with Crippen LogP contribution in [0.2, 0.25) is 0 Å². The van der Waals surface area contributed by atoms with Crippen molar-refractivity contribution in [2.45, 2.75) is 31.2 Å². The summed E-state index contributed by atoms with van der Waals surface area (Å²) in [6.45, 7) is 0. The van der Waals surface area contributed by atoms with E-state index in [-0.39, 0.29) is 18.2 Å². The molecule has 8 heteroatoms. The molecule has 0 saturated heterocycles. The number of nitrogens with one attached hydrogen (secondary N) is 1. The molecule has 5 rings (SSSR count). The monoisotopic (exact) mass is 415 g/mol. The van der Waals surface area contributed by atoms with Crippen LogP contribution in [0.15, 0.2) is 52.9 Å². The van der Waals surface area contributed by atoms with Crippen molar-refractivity contribution < 1.29 is 9.21 Å². The Balaban J connectivity index is 1.28. The fourth-order valence-corrected chi connectivity index (χ4v) is 4.25. The van der Waals surface area contributed by atoms with Gasteiger partial charge in [0.05, 0.1) is 22.7 Å². The molecule has 0 unspecified atom stereocenters. The zero-order valence-electron chi connectivity index (χ0n) is 16.0. The molecule has 0 bridgehead atoms. The second-order valence-corrected chi connectivity index (χ2v) is 8.46. The molecule has 2 aromatic carbocycles. The third-order valence-corrected chi connectivity index (χ3v) is 6.02. The van der Waals surface area contributed by atoms with E-state index in [0.717, 1.165) is 20.8 Å². The highest BCUT2D eigenvalue weighted by atomic mass is 32.1. The predicted octanol–water partition coefficient (Wildman–Crippen LogP) is 3.65. The first kappa shape index (κ1) is 18.5. The number of aromatic nitrogens is 3. The number of nitrogens with zero attached hydrogens (tertiary/aromatic N) is 4. The molecule has 1 aliphatic carbocycles. The highest BCUT2D eigenvalue weighted by Gasteiger charge is 2.44. The molecule has 1 aliphatic rings. The molecule has 4 aromatic rings. The minimum Gasteiger partial charge on any atom is -0.424 e. The fraction of sp³-hybridized carbons (Fsp3) is 0.227. The second-order valence-electron chi connectivity index (χ2n) is 7.34. The summed E-state index contributed by atoms with van der Waals surface area (Å²) in [6, 6.07) is 18.6. The van der Waals surface area contributed by atoms with E-state index in [1.54, 1.807) is 11.3 Å².